The largest absolute Gasteiger partial charge is 0.453 e. The number of hydrogen-bond acceptors (Lipinski definition) is 4. The van der Waals surface area contributed by atoms with Gasteiger partial charge in [-0.25, -0.2) is 4.98 Å². The molecule has 0 saturated carbocycles. The molecule has 0 fully saturated rings. The molecule has 2 heterocycles. The quantitative estimate of drug-likeness (QED) is 0.647. The van der Waals surface area contributed by atoms with Crippen LogP contribution in [0.15, 0.2) is 48.8 Å². The van der Waals surface area contributed by atoms with Crippen LogP contribution in [0.3, 0.4) is 0 Å². The van der Waals surface area contributed by atoms with Gasteiger partial charge in [-0.3, -0.25) is 9.59 Å². The first-order valence-electron chi connectivity index (χ1n) is 8.20. The fraction of sp³-hybridized carbons (Fsp3) is 0.211. The first kappa shape index (κ1) is 17.9. The minimum atomic E-state index is -0.914. The van der Waals surface area contributed by atoms with Crippen LogP contribution in [0.4, 0.5) is 5.82 Å². The van der Waals surface area contributed by atoms with E-state index in [1.807, 2.05) is 30.5 Å². The summed E-state index contributed by atoms with van der Waals surface area (Å²) in [5, 5.41) is 4.13. The second-order valence-electron chi connectivity index (χ2n) is 5.84. The lowest BCUT2D eigenvalue weighted by Crippen LogP contribution is -2.30. The van der Waals surface area contributed by atoms with Crippen molar-refractivity contribution in [3.8, 4) is 0 Å². The van der Waals surface area contributed by atoms with E-state index in [4.69, 9.17) is 16.3 Å². The molecule has 0 bridgehead atoms. The van der Waals surface area contributed by atoms with Crippen LogP contribution in [-0.4, -0.2) is 27.9 Å². The maximum Gasteiger partial charge on any atom is 0.306 e. The number of aromatic amines is 1. The Morgan fingerprint density at radius 2 is 2.08 bits per heavy atom. The third kappa shape index (κ3) is 4.40. The van der Waals surface area contributed by atoms with Crippen LogP contribution in [0, 0.1) is 0 Å². The topological polar surface area (TPSA) is 84.1 Å². The number of aromatic nitrogens is 2. The zero-order valence-corrected chi connectivity index (χ0v) is 14.9. The molecule has 3 aromatic rings. The maximum absolute atomic E-state index is 12.1. The summed E-state index contributed by atoms with van der Waals surface area (Å²) in [6.07, 6.45) is 3.13. The number of anilines is 1. The van der Waals surface area contributed by atoms with Crippen molar-refractivity contribution >= 4 is 40.2 Å². The third-order valence-corrected chi connectivity index (χ3v) is 4.15. The molecule has 6 nitrogen and oxygen atoms in total. The predicted molar refractivity (Wildman–Crippen MR) is 100 cm³/mol. The third-order valence-electron chi connectivity index (χ3n) is 3.93. The van der Waals surface area contributed by atoms with Crippen molar-refractivity contribution in [3.05, 3.63) is 59.4 Å². The maximum atomic E-state index is 12.1. The van der Waals surface area contributed by atoms with E-state index in [-0.39, 0.29) is 6.42 Å². The van der Waals surface area contributed by atoms with E-state index in [2.05, 4.69) is 15.3 Å². The fourth-order valence-electron chi connectivity index (χ4n) is 2.56. The highest BCUT2D eigenvalue weighted by molar-refractivity contribution is 6.30. The number of amides is 1. The number of carbonyl (C=O) groups excluding carboxylic acids is 2. The number of ether oxygens (including phenoxy) is 1. The number of halogens is 1. The van der Waals surface area contributed by atoms with Gasteiger partial charge >= 0.3 is 5.97 Å². The number of rotatable bonds is 6. The molecular weight excluding hydrogens is 354 g/mol. The van der Waals surface area contributed by atoms with Gasteiger partial charge in [0, 0.05) is 29.7 Å². The summed E-state index contributed by atoms with van der Waals surface area (Å²) in [5.74, 6) is -0.525. The Labute approximate surface area is 155 Å². The van der Waals surface area contributed by atoms with E-state index in [0.29, 0.717) is 17.3 Å². The van der Waals surface area contributed by atoms with Crippen LogP contribution in [-0.2, 0) is 20.7 Å². The van der Waals surface area contributed by atoms with Crippen LogP contribution >= 0.6 is 11.6 Å². The number of hydrogen-bond donors (Lipinski definition) is 2. The molecule has 0 radical (unpaired) electrons. The van der Waals surface area contributed by atoms with E-state index >= 15 is 0 Å². The zero-order chi connectivity index (χ0) is 18.5. The summed E-state index contributed by atoms with van der Waals surface area (Å²) in [6, 6.07) is 11.1. The van der Waals surface area contributed by atoms with Gasteiger partial charge in [-0.15, -0.1) is 0 Å². The van der Waals surface area contributed by atoms with Crippen molar-refractivity contribution in [1.82, 2.24) is 9.97 Å². The van der Waals surface area contributed by atoms with E-state index < -0.39 is 18.0 Å². The monoisotopic (exact) mass is 371 g/mol. The number of para-hydroxylation sites is 1. The van der Waals surface area contributed by atoms with E-state index in [1.54, 1.807) is 12.1 Å². The molecular formula is C19H18ClN3O3. The van der Waals surface area contributed by atoms with E-state index in [1.165, 1.54) is 13.1 Å². The number of fused-ring (bicyclic) bond motifs is 1. The first-order chi connectivity index (χ1) is 12.5. The molecule has 2 N–H and O–H groups in total. The van der Waals surface area contributed by atoms with Crippen molar-refractivity contribution in [2.75, 3.05) is 5.32 Å². The minimum Gasteiger partial charge on any atom is -0.453 e. The molecule has 1 aromatic carbocycles. The number of carbonyl (C=O) groups is 2. The second kappa shape index (κ2) is 8.01. The molecule has 1 amide bonds. The molecule has 2 aromatic heterocycles. The van der Waals surface area contributed by atoms with E-state index in [9.17, 15) is 9.59 Å². The van der Waals surface area contributed by atoms with Gasteiger partial charge in [0.25, 0.3) is 5.91 Å². The SMILES string of the molecule is C[C@H](OC(=O)CCc1c[nH]c2ccccc12)C(=O)Nc1ccc(Cl)cn1. The van der Waals surface area contributed by atoms with Gasteiger partial charge in [-0.1, -0.05) is 29.8 Å². The van der Waals surface area contributed by atoms with Crippen molar-refractivity contribution in [2.45, 2.75) is 25.9 Å². The molecule has 3 rings (SSSR count). The van der Waals surface area contributed by atoms with Gasteiger partial charge < -0.3 is 15.0 Å². The van der Waals surface area contributed by atoms with Crippen LogP contribution in [0.25, 0.3) is 10.9 Å². The lowest BCUT2D eigenvalue weighted by molar-refractivity contribution is -0.153. The molecule has 0 spiro atoms. The minimum absolute atomic E-state index is 0.193. The van der Waals surface area contributed by atoms with Crippen LogP contribution in [0.2, 0.25) is 5.02 Å². The molecule has 26 heavy (non-hydrogen) atoms. The molecule has 0 unspecified atom stereocenters. The predicted octanol–water partition coefficient (Wildman–Crippen LogP) is 3.72. The molecule has 0 aliphatic carbocycles. The number of aryl methyl sites for hydroxylation is 1. The van der Waals surface area contributed by atoms with Gasteiger partial charge in [0.1, 0.15) is 5.82 Å². The number of pyridine rings is 1. The molecule has 0 aliphatic heterocycles. The Bertz CT molecular complexity index is 921. The summed E-state index contributed by atoms with van der Waals surface area (Å²) in [7, 11) is 0. The highest BCUT2D eigenvalue weighted by Crippen LogP contribution is 2.19. The number of esters is 1. The number of nitrogens with one attached hydrogen (secondary N) is 2. The lowest BCUT2D eigenvalue weighted by Gasteiger charge is -2.13. The number of H-pyrrole nitrogens is 1. The van der Waals surface area contributed by atoms with Crippen LogP contribution in [0.1, 0.15) is 18.9 Å². The normalized spacial score (nSPS) is 11.9. The van der Waals surface area contributed by atoms with Gasteiger partial charge in [-0.2, -0.15) is 0 Å². The first-order valence-corrected chi connectivity index (χ1v) is 8.57. The van der Waals surface area contributed by atoms with Crippen molar-refractivity contribution in [1.29, 1.82) is 0 Å². The van der Waals surface area contributed by atoms with Gasteiger partial charge in [0.05, 0.1) is 5.02 Å². The van der Waals surface area contributed by atoms with Gasteiger partial charge in [0.15, 0.2) is 6.10 Å². The van der Waals surface area contributed by atoms with Gasteiger partial charge in [-0.05, 0) is 37.1 Å². The van der Waals surface area contributed by atoms with Gasteiger partial charge in [0.2, 0.25) is 0 Å². The summed E-state index contributed by atoms with van der Waals surface area (Å²) in [6.45, 7) is 1.52. The molecule has 0 saturated heterocycles. The fourth-order valence-corrected chi connectivity index (χ4v) is 2.67. The van der Waals surface area contributed by atoms with Crippen molar-refractivity contribution in [2.24, 2.45) is 0 Å². The summed E-state index contributed by atoms with van der Waals surface area (Å²) in [4.78, 5) is 31.3. The molecule has 7 heteroatoms. The van der Waals surface area contributed by atoms with Crippen molar-refractivity contribution in [3.63, 3.8) is 0 Å². The average molecular weight is 372 g/mol. The highest BCUT2D eigenvalue weighted by Gasteiger charge is 2.18. The number of nitrogens with zero attached hydrogens (tertiary/aromatic N) is 1. The standard InChI is InChI=1S/C19H18ClN3O3/c1-12(19(25)23-17-8-7-14(20)11-22-17)26-18(24)9-6-13-10-21-16-5-3-2-4-15(13)16/h2-5,7-8,10-12,21H,6,9H2,1H3,(H,22,23,25)/t12-/m0/s1. The molecule has 0 aliphatic rings. The summed E-state index contributed by atoms with van der Waals surface area (Å²) in [5.41, 5.74) is 2.07. The van der Waals surface area contributed by atoms with Crippen molar-refractivity contribution < 1.29 is 14.3 Å². The lowest BCUT2D eigenvalue weighted by atomic mass is 10.1. The highest BCUT2D eigenvalue weighted by atomic mass is 35.5. The number of benzene rings is 1. The average Bonchev–Trinajstić information content (AvgIpc) is 3.05. The Hall–Kier alpha value is -2.86. The molecule has 134 valence electrons. The molecule has 1 atom stereocenters. The van der Waals surface area contributed by atoms with Crippen LogP contribution < -0.4 is 5.32 Å². The Kier molecular flexibility index (Phi) is 5.53. The smallest absolute Gasteiger partial charge is 0.306 e. The Balaban J connectivity index is 1.50. The Morgan fingerprint density at radius 3 is 2.85 bits per heavy atom. The Morgan fingerprint density at radius 1 is 1.27 bits per heavy atom. The second-order valence-corrected chi connectivity index (χ2v) is 6.28. The summed E-state index contributed by atoms with van der Waals surface area (Å²) < 4.78 is 5.20. The van der Waals surface area contributed by atoms with E-state index in [0.717, 1.165) is 16.5 Å². The zero-order valence-electron chi connectivity index (χ0n) is 14.2. The van der Waals surface area contributed by atoms with Crippen LogP contribution in [0.5, 0.6) is 0 Å². The summed E-state index contributed by atoms with van der Waals surface area (Å²) >= 11 is 5.75.